The summed E-state index contributed by atoms with van der Waals surface area (Å²) in [6.07, 6.45) is 3.88. The number of carbonyl (C=O) groups is 3. The minimum Gasteiger partial charge on any atom is -0.481 e. The quantitative estimate of drug-likeness (QED) is 0.173. The Labute approximate surface area is 264 Å². The van der Waals surface area contributed by atoms with E-state index in [-0.39, 0.29) is 36.6 Å². The van der Waals surface area contributed by atoms with Gasteiger partial charge in [0.05, 0.1) is 54.9 Å². The molecule has 4 aliphatic carbocycles. The van der Waals surface area contributed by atoms with E-state index >= 15 is 0 Å². The van der Waals surface area contributed by atoms with E-state index in [2.05, 4.69) is 4.90 Å². The lowest BCUT2D eigenvalue weighted by Gasteiger charge is -2.47. The lowest BCUT2D eigenvalue weighted by Crippen LogP contribution is -2.64. The van der Waals surface area contributed by atoms with E-state index in [1.807, 2.05) is 6.07 Å². The van der Waals surface area contributed by atoms with Crippen LogP contribution in [0.2, 0.25) is 10.0 Å². The predicted octanol–water partition coefficient (Wildman–Crippen LogP) is 5.62. The number of carbonyl (C=O) groups excluding carboxylic acids is 2. The van der Waals surface area contributed by atoms with E-state index in [4.69, 9.17) is 37.8 Å². The summed E-state index contributed by atoms with van der Waals surface area (Å²) in [5, 5.41) is 22.3. The molecule has 4 heterocycles. The maximum Gasteiger partial charge on any atom is 0.311 e. The second kappa shape index (κ2) is 8.73. The summed E-state index contributed by atoms with van der Waals surface area (Å²) in [6, 6.07) is 3.82. The third-order valence-corrected chi connectivity index (χ3v) is 14.7. The summed E-state index contributed by atoms with van der Waals surface area (Å²) in [7, 11) is 0. The highest BCUT2D eigenvalue weighted by atomic mass is 35.5. The van der Waals surface area contributed by atoms with Crippen molar-refractivity contribution in [2.45, 2.75) is 86.5 Å². The molecule has 3 saturated carbocycles. The molecule has 8 nitrogen and oxygen atoms in total. The number of carboxylic acid groups (broad SMARTS) is 1. The average molecular weight is 661 g/mol. The normalized spacial score (nSPS) is 33.9. The number of rotatable bonds is 9. The molecule has 224 valence electrons. The highest BCUT2D eigenvalue weighted by molar-refractivity contribution is 7.29. The standard InChI is InChI=1S/C31H27Cl2NO7S2/c32-22-17(5-7-19(36)37)42-26-23(33)18(43-25(22)26)6-8-20(38)40-16-4-3-14-21-24(16)41-27-15(35)9-10-31(39)28-30(14,12-29(21,27)31)34(28)11-13-1-2-13/h3-4,13,27-28,39H,1-2,5-12H2,(H,36,37)/t27-,28+,29-,30?,31+,34?/m0/s1. The van der Waals surface area contributed by atoms with E-state index in [1.165, 1.54) is 35.5 Å². The van der Waals surface area contributed by atoms with Crippen LogP contribution in [-0.2, 0) is 38.2 Å². The van der Waals surface area contributed by atoms with E-state index in [0.29, 0.717) is 53.1 Å². The molecular weight excluding hydrogens is 633 g/mol. The van der Waals surface area contributed by atoms with Gasteiger partial charge in [-0.1, -0.05) is 29.3 Å². The third-order valence-electron chi connectivity index (χ3n) is 10.8. The zero-order valence-corrected chi connectivity index (χ0v) is 26.1. The second-order valence-electron chi connectivity index (χ2n) is 13.0. The zero-order chi connectivity index (χ0) is 29.6. The maximum absolute atomic E-state index is 13.2. The topological polar surface area (TPSA) is 113 Å². The van der Waals surface area contributed by atoms with Crippen molar-refractivity contribution in [2.24, 2.45) is 5.92 Å². The van der Waals surface area contributed by atoms with E-state index < -0.39 is 29.1 Å². The fourth-order valence-corrected chi connectivity index (χ4v) is 12.3. The summed E-state index contributed by atoms with van der Waals surface area (Å²) in [5.74, 6) is 0.0923. The zero-order valence-electron chi connectivity index (χ0n) is 22.9. The van der Waals surface area contributed by atoms with E-state index in [9.17, 15) is 19.5 Å². The number of likely N-dealkylation sites (tertiary alicyclic amines) is 1. The van der Waals surface area contributed by atoms with Gasteiger partial charge in [0.1, 0.15) is 0 Å². The van der Waals surface area contributed by atoms with Crippen molar-refractivity contribution >= 4 is 73.0 Å². The summed E-state index contributed by atoms with van der Waals surface area (Å²) >= 11 is 16.0. The van der Waals surface area contributed by atoms with Gasteiger partial charge in [-0.3, -0.25) is 19.3 Å². The van der Waals surface area contributed by atoms with Crippen LogP contribution in [0.1, 0.15) is 65.8 Å². The Kier molecular flexibility index (Phi) is 5.51. The van der Waals surface area contributed by atoms with Crippen molar-refractivity contribution in [2.75, 3.05) is 6.54 Å². The molecule has 2 aromatic heterocycles. The summed E-state index contributed by atoms with van der Waals surface area (Å²) in [4.78, 5) is 41.4. The van der Waals surface area contributed by atoms with Gasteiger partial charge in [0.2, 0.25) is 0 Å². The van der Waals surface area contributed by atoms with Gasteiger partial charge in [0, 0.05) is 28.3 Å². The smallest absolute Gasteiger partial charge is 0.311 e. The molecule has 43 heavy (non-hydrogen) atoms. The molecule has 12 heteroatoms. The van der Waals surface area contributed by atoms with Crippen molar-refractivity contribution < 1.29 is 34.1 Å². The van der Waals surface area contributed by atoms with Gasteiger partial charge in [-0.2, -0.15) is 0 Å². The summed E-state index contributed by atoms with van der Waals surface area (Å²) < 4.78 is 13.8. The van der Waals surface area contributed by atoms with Crippen LogP contribution < -0.4 is 9.47 Å². The fraction of sp³-hybridized carbons (Fsp3) is 0.516. The van der Waals surface area contributed by atoms with Crippen LogP contribution in [0.15, 0.2) is 12.1 Å². The number of aryl methyl sites for hydroxylation is 2. The first-order valence-electron chi connectivity index (χ1n) is 14.8. The predicted molar refractivity (Wildman–Crippen MR) is 161 cm³/mol. The minimum absolute atomic E-state index is 0.00614. The summed E-state index contributed by atoms with van der Waals surface area (Å²) in [5.41, 5.74) is -0.0610. The number of hydrogen-bond donors (Lipinski definition) is 2. The number of nitrogens with zero attached hydrogens (tertiary/aromatic N) is 1. The molecule has 4 fully saturated rings. The summed E-state index contributed by atoms with van der Waals surface area (Å²) in [6.45, 7) is 0.978. The number of piperidine rings is 1. The van der Waals surface area contributed by atoms with Gasteiger partial charge < -0.3 is 19.7 Å². The molecule has 6 aliphatic rings. The van der Waals surface area contributed by atoms with E-state index in [1.54, 1.807) is 6.07 Å². The largest absolute Gasteiger partial charge is 0.481 e. The van der Waals surface area contributed by atoms with Crippen LogP contribution in [0.4, 0.5) is 0 Å². The molecule has 1 aromatic carbocycles. The molecular formula is C31H27Cl2NO7S2. The number of esters is 1. The second-order valence-corrected chi connectivity index (χ2v) is 15.9. The Hall–Kier alpha value is -2.21. The molecule has 2 aliphatic heterocycles. The molecule has 2 bridgehead atoms. The number of ether oxygens (including phenoxy) is 2. The molecule has 0 radical (unpaired) electrons. The SMILES string of the molecule is O=C(O)CCc1sc2c(Cl)c(CCC(=O)Oc3ccc4c5c3O[C@H]3C(=O)CC[C@@]6(O)[C@@H]7N(CC8CC8)C47C[C@]536)sc2c1Cl. The number of aliphatic carboxylic acids is 1. The third kappa shape index (κ3) is 3.32. The van der Waals surface area contributed by atoms with Crippen LogP contribution >= 0.6 is 45.9 Å². The molecule has 2 N–H and O–H groups in total. The molecule has 2 unspecified atom stereocenters. The number of fused-ring (bicyclic) bond motifs is 2. The van der Waals surface area contributed by atoms with Crippen molar-refractivity contribution in [3.8, 4) is 11.5 Å². The van der Waals surface area contributed by atoms with Crippen LogP contribution in [0.5, 0.6) is 11.5 Å². The van der Waals surface area contributed by atoms with Gasteiger partial charge >= 0.3 is 11.9 Å². The monoisotopic (exact) mass is 659 g/mol. The van der Waals surface area contributed by atoms with Gasteiger partial charge in [-0.05, 0) is 56.1 Å². The van der Waals surface area contributed by atoms with Gasteiger partial charge in [-0.15, -0.1) is 22.7 Å². The molecule has 0 amide bonds. The van der Waals surface area contributed by atoms with Gasteiger partial charge in [0.25, 0.3) is 0 Å². The lowest BCUT2D eigenvalue weighted by molar-refractivity contribution is -0.148. The van der Waals surface area contributed by atoms with Crippen LogP contribution in [0, 0.1) is 5.92 Å². The van der Waals surface area contributed by atoms with Crippen molar-refractivity contribution in [1.82, 2.24) is 4.90 Å². The highest BCUT2D eigenvalue weighted by Gasteiger charge is 2.91. The molecule has 3 aromatic rings. The van der Waals surface area contributed by atoms with Crippen LogP contribution in [0.3, 0.4) is 0 Å². The Morgan fingerprint density at radius 2 is 1.79 bits per heavy atom. The highest BCUT2D eigenvalue weighted by Crippen LogP contribution is 2.82. The number of hydrogen-bond acceptors (Lipinski definition) is 9. The van der Waals surface area contributed by atoms with E-state index in [0.717, 1.165) is 36.8 Å². The Balaban J connectivity index is 0.978. The number of benzene rings is 1. The number of carboxylic acids is 1. The molecule has 6 atom stereocenters. The lowest BCUT2D eigenvalue weighted by atomic mass is 9.59. The van der Waals surface area contributed by atoms with Crippen molar-refractivity contribution in [3.63, 3.8) is 0 Å². The number of ketones is 1. The fourth-order valence-electron chi connectivity index (χ4n) is 8.89. The van der Waals surface area contributed by atoms with Crippen LogP contribution in [0.25, 0.3) is 9.40 Å². The first kappa shape index (κ1) is 27.1. The first-order valence-corrected chi connectivity index (χ1v) is 17.2. The number of Topliss-reactive ketones (excluding diaryl/α,β-unsaturated/α-hetero) is 1. The maximum atomic E-state index is 13.2. The van der Waals surface area contributed by atoms with Gasteiger partial charge in [-0.25, -0.2) is 0 Å². The number of thiophene rings is 2. The molecule has 9 rings (SSSR count). The van der Waals surface area contributed by atoms with Gasteiger partial charge in [0.15, 0.2) is 23.4 Å². The number of halogens is 2. The average Bonchev–Trinajstić information content (AvgIpc) is 3.69. The Bertz CT molecular complexity index is 1810. The van der Waals surface area contributed by atoms with Crippen LogP contribution in [-0.4, -0.2) is 57.1 Å². The molecule has 2 spiro atoms. The Morgan fingerprint density at radius 1 is 1.09 bits per heavy atom. The molecule has 1 saturated heterocycles. The Morgan fingerprint density at radius 3 is 2.47 bits per heavy atom. The van der Waals surface area contributed by atoms with Crippen molar-refractivity contribution in [1.29, 1.82) is 0 Å². The van der Waals surface area contributed by atoms with Crippen molar-refractivity contribution in [3.05, 3.63) is 43.1 Å². The first-order chi connectivity index (χ1) is 20.6. The minimum atomic E-state index is -1.03. The number of aliphatic hydroxyl groups is 1.